The molecule has 1 aliphatic heterocycles. The van der Waals surface area contributed by atoms with E-state index in [1.807, 2.05) is 31.2 Å². The van der Waals surface area contributed by atoms with Gasteiger partial charge in [-0.05, 0) is 42.8 Å². The number of hydrogen-bond acceptors (Lipinski definition) is 4. The van der Waals surface area contributed by atoms with Crippen molar-refractivity contribution in [3.05, 3.63) is 59.2 Å². The molecule has 6 nitrogen and oxygen atoms in total. The van der Waals surface area contributed by atoms with Gasteiger partial charge in [0, 0.05) is 31.3 Å². The van der Waals surface area contributed by atoms with Crippen LogP contribution in [0.15, 0.2) is 42.5 Å². The summed E-state index contributed by atoms with van der Waals surface area (Å²) in [6.45, 7) is 2.13. The molecular formula is C21H22N2O4. The third kappa shape index (κ3) is 4.53. The van der Waals surface area contributed by atoms with E-state index in [1.165, 1.54) is 0 Å². The van der Waals surface area contributed by atoms with Gasteiger partial charge in [-0.1, -0.05) is 17.7 Å². The van der Waals surface area contributed by atoms with Crippen molar-refractivity contribution in [2.75, 3.05) is 25.1 Å². The second-order valence-electron chi connectivity index (χ2n) is 6.60. The van der Waals surface area contributed by atoms with Gasteiger partial charge in [-0.25, -0.2) is 0 Å². The smallest absolute Gasteiger partial charge is 0.257 e. The first-order valence-corrected chi connectivity index (χ1v) is 8.83. The molecule has 27 heavy (non-hydrogen) atoms. The van der Waals surface area contributed by atoms with Crippen LogP contribution in [0.3, 0.4) is 0 Å². The van der Waals surface area contributed by atoms with Crippen molar-refractivity contribution in [2.45, 2.75) is 19.8 Å². The van der Waals surface area contributed by atoms with Gasteiger partial charge in [-0.2, -0.15) is 0 Å². The van der Waals surface area contributed by atoms with Crippen LogP contribution in [0.4, 0.5) is 5.69 Å². The quantitative estimate of drug-likeness (QED) is 0.763. The summed E-state index contributed by atoms with van der Waals surface area (Å²) in [6, 6.07) is 12.7. The third-order valence-electron chi connectivity index (χ3n) is 4.54. The summed E-state index contributed by atoms with van der Waals surface area (Å²) in [6.07, 6.45) is 0.513. The summed E-state index contributed by atoms with van der Waals surface area (Å²) in [7, 11) is 1.73. The SMILES string of the molecule is Cc1ccc(OCC(=O)NCCC(=O)c2ccc3c(c2)CC(=O)N3C)cc1. The molecule has 1 heterocycles. The summed E-state index contributed by atoms with van der Waals surface area (Å²) in [5.41, 5.74) is 3.39. The van der Waals surface area contributed by atoms with E-state index in [-0.39, 0.29) is 37.2 Å². The summed E-state index contributed by atoms with van der Waals surface area (Å²) < 4.78 is 5.40. The normalized spacial score (nSPS) is 12.7. The Labute approximate surface area is 158 Å². The second-order valence-corrected chi connectivity index (χ2v) is 6.60. The van der Waals surface area contributed by atoms with Crippen LogP contribution in [0.5, 0.6) is 5.75 Å². The van der Waals surface area contributed by atoms with Gasteiger partial charge < -0.3 is 15.0 Å². The fraction of sp³-hybridized carbons (Fsp3) is 0.286. The molecule has 0 unspecified atom stereocenters. The molecular weight excluding hydrogens is 344 g/mol. The summed E-state index contributed by atoms with van der Waals surface area (Å²) in [4.78, 5) is 37.5. The van der Waals surface area contributed by atoms with Gasteiger partial charge in [0.1, 0.15) is 5.75 Å². The van der Waals surface area contributed by atoms with Crippen LogP contribution in [0.1, 0.15) is 27.9 Å². The molecule has 0 bridgehead atoms. The zero-order valence-corrected chi connectivity index (χ0v) is 15.5. The zero-order chi connectivity index (χ0) is 19.4. The standard InChI is InChI=1S/C21H22N2O4/c1-14-3-6-17(7-4-14)27-13-20(25)22-10-9-19(24)15-5-8-18-16(11-15)12-21(26)23(18)2/h3-8,11H,9-10,12-13H2,1-2H3,(H,22,25). The number of ether oxygens (including phenoxy) is 1. The number of nitrogens with one attached hydrogen (secondary N) is 1. The molecule has 0 radical (unpaired) electrons. The number of aryl methyl sites for hydroxylation is 1. The lowest BCUT2D eigenvalue weighted by molar-refractivity contribution is -0.123. The minimum atomic E-state index is -0.274. The Bertz CT molecular complexity index is 874. The molecule has 0 saturated carbocycles. The maximum absolute atomic E-state index is 12.3. The Morgan fingerprint density at radius 2 is 1.89 bits per heavy atom. The Hall–Kier alpha value is -3.15. The van der Waals surface area contributed by atoms with Gasteiger partial charge in [-0.15, -0.1) is 0 Å². The molecule has 2 amide bonds. The first kappa shape index (κ1) is 18.6. The minimum absolute atomic E-state index is 0.0236. The predicted octanol–water partition coefficient (Wildman–Crippen LogP) is 2.28. The van der Waals surface area contributed by atoms with Crippen molar-refractivity contribution in [2.24, 2.45) is 0 Å². The van der Waals surface area contributed by atoms with E-state index in [0.29, 0.717) is 17.7 Å². The highest BCUT2D eigenvalue weighted by atomic mass is 16.5. The molecule has 0 aliphatic carbocycles. The molecule has 0 atom stereocenters. The molecule has 0 fully saturated rings. The molecule has 2 aromatic carbocycles. The fourth-order valence-corrected chi connectivity index (χ4v) is 2.94. The maximum atomic E-state index is 12.3. The van der Waals surface area contributed by atoms with E-state index in [0.717, 1.165) is 16.8 Å². The van der Waals surface area contributed by atoms with E-state index in [2.05, 4.69) is 5.32 Å². The van der Waals surface area contributed by atoms with Gasteiger partial charge in [-0.3, -0.25) is 14.4 Å². The second kappa shape index (κ2) is 8.03. The summed E-state index contributed by atoms with van der Waals surface area (Å²) >= 11 is 0. The number of rotatable bonds is 7. The van der Waals surface area contributed by atoms with Crippen LogP contribution in [0, 0.1) is 6.92 Å². The number of carbonyl (C=O) groups is 3. The van der Waals surface area contributed by atoms with Gasteiger partial charge in [0.25, 0.3) is 5.91 Å². The Balaban J connectivity index is 1.44. The molecule has 3 rings (SSSR count). The van der Waals surface area contributed by atoms with E-state index >= 15 is 0 Å². The fourth-order valence-electron chi connectivity index (χ4n) is 2.94. The number of likely N-dealkylation sites (N-methyl/N-ethyl adjacent to an activating group) is 1. The monoisotopic (exact) mass is 366 g/mol. The van der Waals surface area contributed by atoms with Crippen molar-refractivity contribution in [3.8, 4) is 5.75 Å². The van der Waals surface area contributed by atoms with Gasteiger partial charge in [0.05, 0.1) is 6.42 Å². The highest BCUT2D eigenvalue weighted by Gasteiger charge is 2.24. The Morgan fingerprint density at radius 1 is 1.15 bits per heavy atom. The Morgan fingerprint density at radius 3 is 2.63 bits per heavy atom. The molecule has 0 aromatic heterocycles. The van der Waals surface area contributed by atoms with Gasteiger partial charge in [0.2, 0.25) is 5.91 Å². The third-order valence-corrected chi connectivity index (χ3v) is 4.54. The van der Waals surface area contributed by atoms with Crippen LogP contribution >= 0.6 is 0 Å². The first-order chi connectivity index (χ1) is 12.9. The van der Waals surface area contributed by atoms with Crippen LogP contribution in [-0.4, -0.2) is 37.8 Å². The summed E-state index contributed by atoms with van der Waals surface area (Å²) in [5.74, 6) is 0.309. The topological polar surface area (TPSA) is 75.7 Å². The molecule has 0 saturated heterocycles. The van der Waals surface area contributed by atoms with Crippen molar-refractivity contribution in [1.82, 2.24) is 5.32 Å². The molecule has 140 valence electrons. The number of carbonyl (C=O) groups excluding carboxylic acids is 3. The van der Waals surface area contributed by atoms with Crippen LogP contribution in [0.2, 0.25) is 0 Å². The highest BCUT2D eigenvalue weighted by molar-refractivity contribution is 6.03. The lowest BCUT2D eigenvalue weighted by Crippen LogP contribution is -2.30. The van der Waals surface area contributed by atoms with Gasteiger partial charge in [0.15, 0.2) is 12.4 Å². The molecule has 0 spiro atoms. The molecule has 6 heteroatoms. The number of nitrogens with zero attached hydrogens (tertiary/aromatic N) is 1. The average molecular weight is 366 g/mol. The van der Waals surface area contributed by atoms with Crippen molar-refractivity contribution >= 4 is 23.3 Å². The van der Waals surface area contributed by atoms with Crippen molar-refractivity contribution in [3.63, 3.8) is 0 Å². The number of anilines is 1. The highest BCUT2D eigenvalue weighted by Crippen LogP contribution is 2.28. The average Bonchev–Trinajstić information content (AvgIpc) is 2.94. The van der Waals surface area contributed by atoms with Crippen LogP contribution in [0.25, 0.3) is 0 Å². The zero-order valence-electron chi connectivity index (χ0n) is 15.5. The minimum Gasteiger partial charge on any atom is -0.484 e. The molecule has 2 aromatic rings. The molecule has 1 N–H and O–H groups in total. The van der Waals surface area contributed by atoms with Crippen LogP contribution in [-0.2, 0) is 16.0 Å². The van der Waals surface area contributed by atoms with Gasteiger partial charge >= 0.3 is 0 Å². The number of Topliss-reactive ketones (excluding diaryl/α,β-unsaturated/α-hetero) is 1. The van der Waals surface area contributed by atoms with E-state index in [1.54, 1.807) is 30.1 Å². The number of fused-ring (bicyclic) bond motifs is 1. The largest absolute Gasteiger partial charge is 0.484 e. The van der Waals surface area contributed by atoms with E-state index in [9.17, 15) is 14.4 Å². The Kier molecular flexibility index (Phi) is 5.54. The predicted molar refractivity (Wildman–Crippen MR) is 102 cm³/mol. The van der Waals surface area contributed by atoms with Crippen LogP contribution < -0.4 is 15.0 Å². The molecule has 1 aliphatic rings. The number of amides is 2. The van der Waals surface area contributed by atoms with Crippen molar-refractivity contribution < 1.29 is 19.1 Å². The number of benzene rings is 2. The van der Waals surface area contributed by atoms with E-state index in [4.69, 9.17) is 4.74 Å². The lowest BCUT2D eigenvalue weighted by Gasteiger charge is -2.10. The number of hydrogen-bond donors (Lipinski definition) is 1. The maximum Gasteiger partial charge on any atom is 0.257 e. The first-order valence-electron chi connectivity index (χ1n) is 8.83. The lowest BCUT2D eigenvalue weighted by atomic mass is 10.0. The summed E-state index contributed by atoms with van der Waals surface area (Å²) in [5, 5.41) is 2.68. The van der Waals surface area contributed by atoms with Crippen molar-refractivity contribution in [1.29, 1.82) is 0 Å². The van der Waals surface area contributed by atoms with E-state index < -0.39 is 0 Å². The number of ketones is 1.